The highest BCUT2D eigenvalue weighted by Crippen LogP contribution is 2.22. The van der Waals surface area contributed by atoms with Crippen molar-refractivity contribution in [3.63, 3.8) is 0 Å². The Labute approximate surface area is 84.9 Å². The van der Waals surface area contributed by atoms with Crippen LogP contribution < -0.4 is 0 Å². The van der Waals surface area contributed by atoms with Gasteiger partial charge in [0.15, 0.2) is 0 Å². The molecule has 0 spiro atoms. The van der Waals surface area contributed by atoms with Crippen LogP contribution in [-0.4, -0.2) is 10.8 Å². The zero-order chi connectivity index (χ0) is 9.14. The highest BCUT2D eigenvalue weighted by atomic mass is 35.5. The summed E-state index contributed by atoms with van der Waals surface area (Å²) >= 11 is 10.7. The second-order valence-corrected chi connectivity index (χ2v) is 4.73. The van der Waals surface area contributed by atoms with E-state index in [1.807, 2.05) is 0 Å². The summed E-state index contributed by atoms with van der Waals surface area (Å²) in [7, 11) is 0. The van der Waals surface area contributed by atoms with Crippen molar-refractivity contribution in [3.8, 4) is 0 Å². The zero-order valence-electron chi connectivity index (χ0n) is 6.51. The summed E-state index contributed by atoms with van der Waals surface area (Å²) in [6, 6.07) is 5.17. The van der Waals surface area contributed by atoms with Crippen molar-refractivity contribution < 1.29 is 4.55 Å². The summed E-state index contributed by atoms with van der Waals surface area (Å²) in [5, 5.41) is 1.24. The van der Waals surface area contributed by atoms with Gasteiger partial charge in [-0.2, -0.15) is 0 Å². The molecule has 12 heavy (non-hydrogen) atoms. The molecule has 0 bridgehead atoms. The van der Waals surface area contributed by atoms with Crippen LogP contribution in [0, 0.1) is 0 Å². The van der Waals surface area contributed by atoms with E-state index in [0.29, 0.717) is 15.8 Å². The van der Waals surface area contributed by atoms with Gasteiger partial charge in [0.2, 0.25) is 0 Å². The van der Waals surface area contributed by atoms with Gasteiger partial charge in [-0.3, -0.25) is 0 Å². The molecule has 66 valence electrons. The molecular weight excluding hydrogens is 215 g/mol. The lowest BCUT2D eigenvalue weighted by Gasteiger charge is -2.06. The molecule has 1 aromatic rings. The molecule has 0 radical (unpaired) electrons. The van der Waals surface area contributed by atoms with Gasteiger partial charge in [-0.1, -0.05) is 34.4 Å². The van der Waals surface area contributed by atoms with Gasteiger partial charge >= 0.3 is 0 Å². The van der Waals surface area contributed by atoms with Crippen LogP contribution in [0.15, 0.2) is 18.2 Å². The first kappa shape index (κ1) is 10.2. The van der Waals surface area contributed by atoms with Crippen LogP contribution in [0.25, 0.3) is 0 Å². The van der Waals surface area contributed by atoms with E-state index in [2.05, 4.69) is 0 Å². The molecule has 1 unspecified atom stereocenters. The van der Waals surface area contributed by atoms with Crippen LogP contribution in [-0.2, 0) is 16.9 Å². The number of rotatable bonds is 2. The van der Waals surface area contributed by atoms with E-state index in [0.717, 1.165) is 5.56 Å². The third kappa shape index (κ3) is 2.87. The molecule has 0 aromatic heterocycles. The van der Waals surface area contributed by atoms with E-state index < -0.39 is 11.2 Å². The molecule has 0 saturated carbocycles. The Hall–Kier alpha value is 0.110. The Kier molecular flexibility index (Phi) is 3.72. The molecule has 1 aromatic carbocycles. The van der Waals surface area contributed by atoms with Gasteiger partial charge in [-0.25, -0.2) is 0 Å². The van der Waals surface area contributed by atoms with Crippen molar-refractivity contribution in [3.05, 3.63) is 33.8 Å². The molecule has 0 aliphatic carbocycles. The predicted octanol–water partition coefficient (Wildman–Crippen LogP) is 2.87. The van der Waals surface area contributed by atoms with Gasteiger partial charge in [0.25, 0.3) is 0 Å². The Morgan fingerprint density at radius 3 is 2.67 bits per heavy atom. The largest absolute Gasteiger partial charge is 0.616 e. The maximum atomic E-state index is 10.9. The molecule has 0 saturated heterocycles. The van der Waals surface area contributed by atoms with Crippen LogP contribution in [0.4, 0.5) is 0 Å². The van der Waals surface area contributed by atoms with Crippen LogP contribution in [0.2, 0.25) is 10.0 Å². The smallest absolute Gasteiger partial charge is 0.131 e. The minimum atomic E-state index is -0.878. The topological polar surface area (TPSA) is 23.1 Å². The lowest BCUT2D eigenvalue weighted by atomic mass is 10.2. The van der Waals surface area contributed by atoms with Gasteiger partial charge in [0.1, 0.15) is 5.75 Å². The van der Waals surface area contributed by atoms with Gasteiger partial charge in [-0.15, -0.1) is 0 Å². The van der Waals surface area contributed by atoms with Crippen molar-refractivity contribution in [1.82, 2.24) is 0 Å². The quantitative estimate of drug-likeness (QED) is 0.707. The summed E-state index contributed by atoms with van der Waals surface area (Å²) in [5.74, 6) is 0.458. The lowest BCUT2D eigenvalue weighted by molar-refractivity contribution is 0.600. The molecule has 1 nitrogen and oxygen atoms in total. The number of hydrogen-bond donors (Lipinski definition) is 0. The molecule has 0 aliphatic rings. The van der Waals surface area contributed by atoms with Crippen molar-refractivity contribution in [2.75, 3.05) is 6.26 Å². The Bertz CT molecular complexity index is 276. The fraction of sp³-hybridized carbons (Fsp3) is 0.250. The van der Waals surface area contributed by atoms with E-state index in [1.54, 1.807) is 24.5 Å². The van der Waals surface area contributed by atoms with Gasteiger partial charge in [0, 0.05) is 15.6 Å². The molecule has 4 heteroatoms. The summed E-state index contributed by atoms with van der Waals surface area (Å²) in [6.07, 6.45) is 1.64. The molecule has 0 heterocycles. The Morgan fingerprint density at radius 1 is 1.42 bits per heavy atom. The first-order valence-electron chi connectivity index (χ1n) is 3.33. The standard InChI is InChI=1S/C8H8Cl2OS/c1-12(11)5-6-4-7(9)2-3-8(6)10/h2-4H,5H2,1H3. The fourth-order valence-corrected chi connectivity index (χ4v) is 2.01. The second kappa shape index (κ2) is 4.38. The van der Waals surface area contributed by atoms with Crippen molar-refractivity contribution >= 4 is 34.4 Å². The fourth-order valence-electron chi connectivity index (χ4n) is 0.873. The maximum Gasteiger partial charge on any atom is 0.131 e. The minimum Gasteiger partial charge on any atom is -0.616 e. The Morgan fingerprint density at radius 2 is 2.08 bits per heavy atom. The monoisotopic (exact) mass is 222 g/mol. The summed E-state index contributed by atoms with van der Waals surface area (Å²) < 4.78 is 10.9. The molecule has 0 aliphatic heterocycles. The number of benzene rings is 1. The van der Waals surface area contributed by atoms with Gasteiger partial charge in [0.05, 0.1) is 6.26 Å². The first-order chi connectivity index (χ1) is 5.59. The third-order valence-electron chi connectivity index (χ3n) is 1.37. The van der Waals surface area contributed by atoms with E-state index in [4.69, 9.17) is 23.2 Å². The summed E-state index contributed by atoms with van der Waals surface area (Å²) in [6.45, 7) is 0. The van der Waals surface area contributed by atoms with Gasteiger partial charge in [-0.05, 0) is 18.2 Å². The number of hydrogen-bond acceptors (Lipinski definition) is 1. The zero-order valence-corrected chi connectivity index (χ0v) is 8.84. The van der Waals surface area contributed by atoms with E-state index in [-0.39, 0.29) is 0 Å². The molecule has 0 amide bonds. The third-order valence-corrected chi connectivity index (χ3v) is 2.69. The summed E-state index contributed by atoms with van der Waals surface area (Å²) in [5.41, 5.74) is 0.838. The van der Waals surface area contributed by atoms with Gasteiger partial charge < -0.3 is 4.55 Å². The molecule has 1 atom stereocenters. The SMILES string of the molecule is C[S+]([O-])Cc1cc(Cl)ccc1Cl. The normalized spacial score (nSPS) is 13.0. The second-order valence-electron chi connectivity index (χ2n) is 2.45. The minimum absolute atomic E-state index is 0.458. The average Bonchev–Trinajstić information content (AvgIpc) is 1.96. The van der Waals surface area contributed by atoms with E-state index >= 15 is 0 Å². The van der Waals surface area contributed by atoms with E-state index in [1.165, 1.54) is 0 Å². The predicted molar refractivity (Wildman–Crippen MR) is 54.2 cm³/mol. The first-order valence-corrected chi connectivity index (χ1v) is 5.82. The summed E-state index contributed by atoms with van der Waals surface area (Å²) in [4.78, 5) is 0. The Balaban J connectivity index is 2.90. The number of halogens is 2. The van der Waals surface area contributed by atoms with Crippen LogP contribution in [0.5, 0.6) is 0 Å². The van der Waals surface area contributed by atoms with Crippen LogP contribution in [0.1, 0.15) is 5.56 Å². The van der Waals surface area contributed by atoms with E-state index in [9.17, 15) is 4.55 Å². The van der Waals surface area contributed by atoms with Crippen molar-refractivity contribution in [2.45, 2.75) is 5.75 Å². The highest BCUT2D eigenvalue weighted by Gasteiger charge is 2.06. The average molecular weight is 223 g/mol. The highest BCUT2D eigenvalue weighted by molar-refractivity contribution is 7.89. The van der Waals surface area contributed by atoms with Crippen molar-refractivity contribution in [1.29, 1.82) is 0 Å². The lowest BCUT2D eigenvalue weighted by Crippen LogP contribution is -2.01. The van der Waals surface area contributed by atoms with Crippen LogP contribution >= 0.6 is 23.2 Å². The molecule has 0 fully saturated rings. The molecule has 1 rings (SSSR count). The molecule has 0 N–H and O–H groups in total. The maximum absolute atomic E-state index is 10.9. The van der Waals surface area contributed by atoms with Crippen molar-refractivity contribution in [2.24, 2.45) is 0 Å². The van der Waals surface area contributed by atoms with Crippen LogP contribution in [0.3, 0.4) is 0 Å². The molecular formula is C8H8Cl2OS.